The Morgan fingerprint density at radius 3 is 1.08 bits per heavy atom. The standard InChI is InChI=1S/C7H8.2CH4.2ClH.Pd/c1-2-7-4-3-6(1)5-7;;;;;/h1-4,6-7H,5H2;2*1H4;2*1H;/q;;;;;+2/p-2. The van der Waals surface area contributed by atoms with Gasteiger partial charge < -0.3 is 24.8 Å². The van der Waals surface area contributed by atoms with Crippen molar-refractivity contribution in [2.45, 2.75) is 21.3 Å². The summed E-state index contributed by atoms with van der Waals surface area (Å²) in [6, 6.07) is 0. The molecule has 0 fully saturated rings. The average molecular weight is 302 g/mol. The van der Waals surface area contributed by atoms with E-state index >= 15 is 0 Å². The van der Waals surface area contributed by atoms with Crippen molar-refractivity contribution >= 4 is 0 Å². The number of rotatable bonds is 0. The van der Waals surface area contributed by atoms with E-state index in [0.717, 1.165) is 11.8 Å². The van der Waals surface area contributed by atoms with Gasteiger partial charge in [-0.1, -0.05) is 39.2 Å². The molecule has 2 aliphatic rings. The summed E-state index contributed by atoms with van der Waals surface area (Å²) in [4.78, 5) is 0. The fourth-order valence-corrected chi connectivity index (χ4v) is 1.33. The SMILES string of the molecule is C.C.C1=CC2C=CC1C2.[Cl-].[Cl-].[Pd+2]. The smallest absolute Gasteiger partial charge is 1.00 e. The van der Waals surface area contributed by atoms with Gasteiger partial charge in [0.15, 0.2) is 0 Å². The molecule has 0 saturated carbocycles. The molecule has 0 aromatic carbocycles. The van der Waals surface area contributed by atoms with Crippen molar-refractivity contribution in [1.29, 1.82) is 0 Å². The molecule has 0 aromatic rings. The predicted molar refractivity (Wildman–Crippen MR) is 43.3 cm³/mol. The number of hydrogen-bond acceptors (Lipinski definition) is 0. The summed E-state index contributed by atoms with van der Waals surface area (Å²) in [5, 5.41) is 0. The Bertz CT molecular complexity index is 115. The van der Waals surface area contributed by atoms with Crippen LogP contribution in [-0.4, -0.2) is 0 Å². The third-order valence-corrected chi connectivity index (χ3v) is 1.76. The van der Waals surface area contributed by atoms with Crippen molar-refractivity contribution < 1.29 is 45.2 Å². The predicted octanol–water partition coefficient (Wildman–Crippen LogP) is -2.97. The molecule has 0 unspecified atom stereocenters. The van der Waals surface area contributed by atoms with Crippen molar-refractivity contribution in [3.05, 3.63) is 24.3 Å². The van der Waals surface area contributed by atoms with Gasteiger partial charge in [-0.3, -0.25) is 0 Å². The quantitative estimate of drug-likeness (QED) is 0.331. The Morgan fingerprint density at radius 1 is 0.750 bits per heavy atom. The van der Waals surface area contributed by atoms with Crippen LogP contribution >= 0.6 is 0 Å². The molecule has 0 amide bonds. The first kappa shape index (κ1) is 23.0. The van der Waals surface area contributed by atoms with E-state index in [0.29, 0.717) is 0 Å². The largest absolute Gasteiger partial charge is 2.00 e. The molecule has 0 N–H and O–H groups in total. The Kier molecular flexibility index (Phi) is 18.8. The topological polar surface area (TPSA) is 0 Å². The van der Waals surface area contributed by atoms with E-state index in [9.17, 15) is 0 Å². The van der Waals surface area contributed by atoms with Gasteiger partial charge in [-0.05, 0) is 18.3 Å². The zero-order valence-electron chi connectivity index (χ0n) is 5.24. The molecular weight excluding hydrogens is 285 g/mol. The summed E-state index contributed by atoms with van der Waals surface area (Å²) < 4.78 is 0. The summed E-state index contributed by atoms with van der Waals surface area (Å²) in [5.41, 5.74) is 0. The van der Waals surface area contributed by atoms with Crippen LogP contribution in [0, 0.1) is 11.8 Å². The first-order valence-corrected chi connectivity index (χ1v) is 2.82. The van der Waals surface area contributed by atoms with E-state index in [1.165, 1.54) is 6.42 Å². The van der Waals surface area contributed by atoms with Gasteiger partial charge >= 0.3 is 20.4 Å². The van der Waals surface area contributed by atoms with Gasteiger partial charge in [0.2, 0.25) is 0 Å². The van der Waals surface area contributed by atoms with E-state index < -0.39 is 0 Å². The molecule has 0 radical (unpaired) electrons. The van der Waals surface area contributed by atoms with Gasteiger partial charge in [-0.2, -0.15) is 0 Å². The number of allylic oxidation sites excluding steroid dienone is 4. The van der Waals surface area contributed by atoms with Gasteiger partial charge in [0.1, 0.15) is 0 Å². The monoisotopic (exact) mass is 300 g/mol. The molecule has 12 heavy (non-hydrogen) atoms. The van der Waals surface area contributed by atoms with Crippen LogP contribution in [0.25, 0.3) is 0 Å². The van der Waals surface area contributed by atoms with Crippen LogP contribution in [0.3, 0.4) is 0 Å². The first-order chi connectivity index (χ1) is 3.45. The second-order valence-corrected chi connectivity index (χ2v) is 2.33. The molecule has 0 atom stereocenters. The van der Waals surface area contributed by atoms with Crippen LogP contribution < -0.4 is 24.8 Å². The molecule has 0 saturated heterocycles. The Hall–Kier alpha value is 0.722. The maximum absolute atomic E-state index is 2.30. The molecule has 3 heteroatoms. The minimum Gasteiger partial charge on any atom is -1.00 e. The normalized spacial score (nSPS) is 25.3. The maximum atomic E-state index is 2.30. The fraction of sp³-hybridized carbons (Fsp3) is 0.556. The van der Waals surface area contributed by atoms with Gasteiger partial charge in [0.25, 0.3) is 0 Å². The molecule has 2 bridgehead atoms. The van der Waals surface area contributed by atoms with E-state index in [2.05, 4.69) is 24.3 Å². The second-order valence-electron chi connectivity index (χ2n) is 2.33. The molecule has 0 aromatic heterocycles. The Morgan fingerprint density at radius 2 is 1.00 bits per heavy atom. The third-order valence-electron chi connectivity index (χ3n) is 1.76. The fourth-order valence-electron chi connectivity index (χ4n) is 1.33. The summed E-state index contributed by atoms with van der Waals surface area (Å²) in [6.07, 6.45) is 10.5. The van der Waals surface area contributed by atoms with Crippen molar-refractivity contribution in [2.24, 2.45) is 11.8 Å². The van der Waals surface area contributed by atoms with E-state index in [4.69, 9.17) is 0 Å². The number of fused-ring (bicyclic) bond motifs is 2. The second kappa shape index (κ2) is 9.81. The summed E-state index contributed by atoms with van der Waals surface area (Å²) in [5.74, 6) is 1.62. The van der Waals surface area contributed by atoms with E-state index in [1.54, 1.807) is 0 Å². The summed E-state index contributed by atoms with van der Waals surface area (Å²) in [7, 11) is 0. The average Bonchev–Trinajstić information content (AvgIpc) is 2.22. The van der Waals surface area contributed by atoms with E-state index in [1.807, 2.05) is 0 Å². The molecule has 0 aliphatic heterocycles. The van der Waals surface area contributed by atoms with Gasteiger partial charge in [-0.25, -0.2) is 0 Å². The zero-order valence-corrected chi connectivity index (χ0v) is 8.31. The molecule has 0 spiro atoms. The van der Waals surface area contributed by atoms with Gasteiger partial charge in [-0.15, -0.1) is 0 Å². The molecule has 2 rings (SSSR count). The summed E-state index contributed by atoms with van der Waals surface area (Å²) in [6.45, 7) is 0. The maximum Gasteiger partial charge on any atom is 2.00 e. The van der Waals surface area contributed by atoms with Crippen molar-refractivity contribution in [1.82, 2.24) is 0 Å². The summed E-state index contributed by atoms with van der Waals surface area (Å²) >= 11 is 0. The van der Waals surface area contributed by atoms with Crippen molar-refractivity contribution in [3.63, 3.8) is 0 Å². The molecule has 76 valence electrons. The van der Waals surface area contributed by atoms with Gasteiger partial charge in [0.05, 0.1) is 0 Å². The Labute approximate surface area is 102 Å². The minimum atomic E-state index is 0. The van der Waals surface area contributed by atoms with Gasteiger partial charge in [0, 0.05) is 0 Å². The molecule has 0 heterocycles. The third kappa shape index (κ3) is 4.68. The molecular formula is C9H16Cl2Pd. The van der Waals surface area contributed by atoms with Crippen LogP contribution in [-0.2, 0) is 20.4 Å². The van der Waals surface area contributed by atoms with Crippen molar-refractivity contribution in [2.75, 3.05) is 0 Å². The zero-order chi connectivity index (χ0) is 4.69. The molecule has 0 nitrogen and oxygen atoms in total. The first-order valence-electron chi connectivity index (χ1n) is 2.82. The molecule has 2 aliphatic carbocycles. The van der Waals surface area contributed by atoms with Crippen molar-refractivity contribution in [3.8, 4) is 0 Å². The van der Waals surface area contributed by atoms with Crippen LogP contribution in [0.4, 0.5) is 0 Å². The van der Waals surface area contributed by atoms with Crippen LogP contribution in [0.15, 0.2) is 24.3 Å². The van der Waals surface area contributed by atoms with Crippen LogP contribution in [0.5, 0.6) is 0 Å². The number of hydrogen-bond donors (Lipinski definition) is 0. The Balaban J connectivity index is -0.0000000640. The van der Waals surface area contributed by atoms with Crippen LogP contribution in [0.1, 0.15) is 21.3 Å². The minimum absolute atomic E-state index is 0. The number of halogens is 2. The van der Waals surface area contributed by atoms with E-state index in [-0.39, 0.29) is 60.1 Å². The van der Waals surface area contributed by atoms with Crippen LogP contribution in [0.2, 0.25) is 0 Å².